The highest BCUT2D eigenvalue weighted by Crippen LogP contribution is 2.15. The minimum absolute atomic E-state index is 0.292. The molecule has 0 saturated carbocycles. The SMILES string of the molecule is COc1ccc(/C=N/NC(=O)c2nn(C)cc2[N+](=O)[O-])cc1. The largest absolute Gasteiger partial charge is 0.497 e. The molecule has 2 rings (SSSR count). The number of rotatable bonds is 5. The van der Waals surface area contributed by atoms with Crippen LogP contribution in [0.3, 0.4) is 0 Å². The summed E-state index contributed by atoms with van der Waals surface area (Å²) < 4.78 is 6.21. The van der Waals surface area contributed by atoms with Gasteiger partial charge in [0.2, 0.25) is 5.69 Å². The van der Waals surface area contributed by atoms with Gasteiger partial charge in [0.15, 0.2) is 0 Å². The summed E-state index contributed by atoms with van der Waals surface area (Å²) in [5, 5.41) is 18.3. The summed E-state index contributed by atoms with van der Waals surface area (Å²) >= 11 is 0. The molecule has 0 aliphatic rings. The van der Waals surface area contributed by atoms with Gasteiger partial charge in [0.1, 0.15) is 11.9 Å². The van der Waals surface area contributed by atoms with Gasteiger partial charge in [-0.05, 0) is 29.8 Å². The molecule has 0 spiro atoms. The lowest BCUT2D eigenvalue weighted by Crippen LogP contribution is -2.19. The maximum atomic E-state index is 11.8. The summed E-state index contributed by atoms with van der Waals surface area (Å²) in [5.74, 6) is -0.0534. The van der Waals surface area contributed by atoms with Crippen LogP contribution in [0, 0.1) is 10.1 Å². The molecule has 22 heavy (non-hydrogen) atoms. The van der Waals surface area contributed by atoms with Gasteiger partial charge in [0.25, 0.3) is 5.91 Å². The summed E-state index contributed by atoms with van der Waals surface area (Å²) in [4.78, 5) is 22.0. The Morgan fingerprint density at radius 3 is 2.73 bits per heavy atom. The summed E-state index contributed by atoms with van der Waals surface area (Å²) in [6.45, 7) is 0. The maximum absolute atomic E-state index is 11.8. The second-order valence-corrected chi connectivity index (χ2v) is 4.27. The van der Waals surface area contributed by atoms with Crippen molar-refractivity contribution in [2.45, 2.75) is 0 Å². The first-order valence-corrected chi connectivity index (χ1v) is 6.16. The van der Waals surface area contributed by atoms with Crippen LogP contribution in [0.15, 0.2) is 35.6 Å². The molecule has 0 bridgehead atoms. The van der Waals surface area contributed by atoms with E-state index >= 15 is 0 Å². The van der Waals surface area contributed by atoms with E-state index in [-0.39, 0.29) is 11.4 Å². The van der Waals surface area contributed by atoms with Gasteiger partial charge >= 0.3 is 5.69 Å². The van der Waals surface area contributed by atoms with Gasteiger partial charge in [-0.3, -0.25) is 19.6 Å². The van der Waals surface area contributed by atoms with E-state index in [1.165, 1.54) is 17.9 Å². The molecule has 2 aromatic rings. The number of nitrogens with one attached hydrogen (secondary N) is 1. The predicted octanol–water partition coefficient (Wildman–Crippen LogP) is 1.10. The van der Waals surface area contributed by atoms with Gasteiger partial charge in [-0.2, -0.15) is 10.2 Å². The number of nitro groups is 1. The van der Waals surface area contributed by atoms with Crippen molar-refractivity contribution in [1.29, 1.82) is 0 Å². The van der Waals surface area contributed by atoms with Crippen LogP contribution in [0.1, 0.15) is 16.1 Å². The number of ether oxygens (including phenoxy) is 1. The van der Waals surface area contributed by atoms with Crippen LogP contribution in [-0.4, -0.2) is 33.9 Å². The highest BCUT2D eigenvalue weighted by Gasteiger charge is 2.24. The zero-order chi connectivity index (χ0) is 16.1. The second-order valence-electron chi connectivity index (χ2n) is 4.27. The molecule has 9 heteroatoms. The number of amides is 1. The number of carbonyl (C=O) groups is 1. The lowest BCUT2D eigenvalue weighted by molar-refractivity contribution is -0.385. The van der Waals surface area contributed by atoms with Crippen molar-refractivity contribution in [2.24, 2.45) is 12.1 Å². The molecule has 1 amide bonds. The number of aromatic nitrogens is 2. The standard InChI is InChI=1S/C13H13N5O4/c1-17-8-11(18(20)21)12(16-17)13(19)15-14-7-9-3-5-10(22-2)6-4-9/h3-8H,1-2H3,(H,15,19)/b14-7+. The fourth-order valence-corrected chi connectivity index (χ4v) is 1.68. The number of hydrogen-bond acceptors (Lipinski definition) is 6. The van der Waals surface area contributed by atoms with Crippen molar-refractivity contribution in [3.63, 3.8) is 0 Å². The van der Waals surface area contributed by atoms with Crippen molar-refractivity contribution in [3.8, 4) is 5.75 Å². The van der Waals surface area contributed by atoms with Crippen molar-refractivity contribution in [2.75, 3.05) is 7.11 Å². The monoisotopic (exact) mass is 303 g/mol. The molecular weight excluding hydrogens is 290 g/mol. The van der Waals surface area contributed by atoms with E-state index in [9.17, 15) is 14.9 Å². The Labute approximate surface area is 125 Å². The molecule has 114 valence electrons. The molecule has 0 saturated heterocycles. The maximum Gasteiger partial charge on any atom is 0.320 e. The molecule has 1 N–H and O–H groups in total. The third-order valence-corrected chi connectivity index (χ3v) is 2.72. The molecule has 0 fully saturated rings. The first kappa shape index (κ1) is 15.2. The van der Waals surface area contributed by atoms with Crippen LogP contribution in [-0.2, 0) is 7.05 Å². The molecule has 0 unspecified atom stereocenters. The number of hydrogen-bond donors (Lipinski definition) is 1. The smallest absolute Gasteiger partial charge is 0.320 e. The minimum atomic E-state index is -0.753. The van der Waals surface area contributed by atoms with E-state index in [1.54, 1.807) is 31.4 Å². The van der Waals surface area contributed by atoms with Gasteiger partial charge in [-0.1, -0.05) is 0 Å². The van der Waals surface area contributed by atoms with Crippen LogP contribution in [0.4, 0.5) is 5.69 Å². The summed E-state index contributed by atoms with van der Waals surface area (Å²) in [5.41, 5.74) is 2.27. The van der Waals surface area contributed by atoms with Crippen molar-refractivity contribution >= 4 is 17.8 Å². The fraction of sp³-hybridized carbons (Fsp3) is 0.154. The van der Waals surface area contributed by atoms with E-state index in [0.29, 0.717) is 5.75 Å². The second kappa shape index (κ2) is 6.48. The molecule has 9 nitrogen and oxygen atoms in total. The van der Waals surface area contributed by atoms with Crippen LogP contribution in [0.5, 0.6) is 5.75 Å². The Morgan fingerprint density at radius 2 is 2.14 bits per heavy atom. The molecule has 1 aromatic carbocycles. The van der Waals surface area contributed by atoms with Gasteiger partial charge in [-0.15, -0.1) is 0 Å². The average molecular weight is 303 g/mol. The third kappa shape index (κ3) is 3.45. The molecule has 1 heterocycles. The highest BCUT2D eigenvalue weighted by atomic mass is 16.6. The van der Waals surface area contributed by atoms with E-state index in [1.807, 2.05) is 0 Å². The van der Waals surface area contributed by atoms with Crippen LogP contribution >= 0.6 is 0 Å². The van der Waals surface area contributed by atoms with Crippen molar-refractivity contribution < 1.29 is 14.5 Å². The number of nitrogens with zero attached hydrogens (tertiary/aromatic N) is 4. The zero-order valence-corrected chi connectivity index (χ0v) is 11.9. The quantitative estimate of drug-likeness (QED) is 0.505. The summed E-state index contributed by atoms with van der Waals surface area (Å²) in [6.07, 6.45) is 2.56. The lowest BCUT2D eigenvalue weighted by Gasteiger charge is -1.99. The van der Waals surface area contributed by atoms with E-state index in [2.05, 4.69) is 15.6 Å². The summed E-state index contributed by atoms with van der Waals surface area (Å²) in [6, 6.07) is 6.98. The Balaban J connectivity index is 2.06. The lowest BCUT2D eigenvalue weighted by atomic mass is 10.2. The Morgan fingerprint density at radius 1 is 1.45 bits per heavy atom. The number of aryl methyl sites for hydroxylation is 1. The molecule has 1 aromatic heterocycles. The Kier molecular flexibility index (Phi) is 4.47. The molecule has 0 radical (unpaired) electrons. The average Bonchev–Trinajstić information content (AvgIpc) is 2.90. The van der Waals surface area contributed by atoms with Crippen molar-refractivity contribution in [3.05, 3.63) is 51.8 Å². The summed E-state index contributed by atoms with van der Waals surface area (Å²) in [7, 11) is 3.05. The van der Waals surface area contributed by atoms with Gasteiger partial charge in [-0.25, -0.2) is 5.43 Å². The van der Waals surface area contributed by atoms with Gasteiger partial charge in [0, 0.05) is 7.05 Å². The predicted molar refractivity (Wildman–Crippen MR) is 77.9 cm³/mol. The normalized spacial score (nSPS) is 10.6. The number of methoxy groups -OCH3 is 1. The number of hydrazone groups is 1. The van der Waals surface area contributed by atoms with E-state index in [4.69, 9.17) is 4.74 Å². The first-order chi connectivity index (χ1) is 10.5. The molecular formula is C13H13N5O4. The fourth-order valence-electron chi connectivity index (χ4n) is 1.68. The number of benzene rings is 1. The van der Waals surface area contributed by atoms with E-state index < -0.39 is 10.8 Å². The minimum Gasteiger partial charge on any atom is -0.497 e. The molecule has 0 aliphatic heterocycles. The van der Waals surface area contributed by atoms with Crippen molar-refractivity contribution in [1.82, 2.24) is 15.2 Å². The van der Waals surface area contributed by atoms with Crippen LogP contribution in [0.25, 0.3) is 0 Å². The van der Waals surface area contributed by atoms with Gasteiger partial charge < -0.3 is 4.74 Å². The zero-order valence-electron chi connectivity index (χ0n) is 11.9. The third-order valence-electron chi connectivity index (χ3n) is 2.72. The molecule has 0 atom stereocenters. The Bertz CT molecular complexity index is 721. The van der Waals surface area contributed by atoms with Crippen LogP contribution in [0.2, 0.25) is 0 Å². The van der Waals surface area contributed by atoms with Gasteiger partial charge in [0.05, 0.1) is 18.2 Å². The van der Waals surface area contributed by atoms with Crippen LogP contribution < -0.4 is 10.2 Å². The first-order valence-electron chi connectivity index (χ1n) is 6.16. The highest BCUT2D eigenvalue weighted by molar-refractivity contribution is 5.96. The Hall–Kier alpha value is -3.23. The van der Waals surface area contributed by atoms with E-state index in [0.717, 1.165) is 11.8 Å². The number of carbonyl (C=O) groups excluding carboxylic acids is 1. The molecule has 0 aliphatic carbocycles. The topological polar surface area (TPSA) is 112 Å².